The van der Waals surface area contributed by atoms with E-state index in [1.165, 1.54) is 0 Å². The molecule has 0 unspecified atom stereocenters. The number of hydrogen-bond acceptors (Lipinski definition) is 3. The topological polar surface area (TPSA) is 67.4 Å². The normalized spacial score (nSPS) is 11.5. The smallest absolute Gasteiger partial charge is 0.255 e. The summed E-state index contributed by atoms with van der Waals surface area (Å²) < 4.78 is 5.42. The van der Waals surface area contributed by atoms with Gasteiger partial charge in [0.25, 0.3) is 5.91 Å². The van der Waals surface area contributed by atoms with Gasteiger partial charge in [0.2, 0.25) is 5.91 Å². The van der Waals surface area contributed by atoms with E-state index in [0.29, 0.717) is 28.0 Å². The number of halogens is 2. The Morgan fingerprint density at radius 3 is 2.58 bits per heavy atom. The zero-order valence-electron chi connectivity index (χ0n) is 14.5. The second-order valence-corrected chi connectivity index (χ2v) is 6.41. The van der Waals surface area contributed by atoms with Gasteiger partial charge in [0.05, 0.1) is 24.8 Å². The van der Waals surface area contributed by atoms with Gasteiger partial charge < -0.3 is 15.4 Å². The van der Waals surface area contributed by atoms with Crippen LogP contribution in [0.4, 0.5) is 0 Å². The van der Waals surface area contributed by atoms with Crippen LogP contribution in [0.5, 0.6) is 5.75 Å². The van der Waals surface area contributed by atoms with Crippen molar-refractivity contribution in [2.24, 2.45) is 0 Å². The number of nitrogens with one attached hydrogen (secondary N) is 2. The van der Waals surface area contributed by atoms with Crippen LogP contribution >= 0.6 is 23.2 Å². The van der Waals surface area contributed by atoms with Gasteiger partial charge in [-0.05, 0) is 43.7 Å². The van der Waals surface area contributed by atoms with Gasteiger partial charge >= 0.3 is 0 Å². The van der Waals surface area contributed by atoms with E-state index in [4.69, 9.17) is 27.9 Å². The second kappa shape index (κ2) is 9.46. The largest absolute Gasteiger partial charge is 0.493 e. The maximum atomic E-state index is 12.3. The van der Waals surface area contributed by atoms with Gasteiger partial charge in [-0.25, -0.2) is 0 Å². The predicted molar refractivity (Wildman–Crippen MR) is 103 cm³/mol. The van der Waals surface area contributed by atoms with E-state index in [1.807, 2.05) is 6.92 Å². The number of benzene rings is 2. The maximum absolute atomic E-state index is 12.3. The number of hydrogen-bond donors (Lipinski definition) is 2. The van der Waals surface area contributed by atoms with E-state index in [9.17, 15) is 9.59 Å². The fourth-order valence-electron chi connectivity index (χ4n) is 2.41. The lowest BCUT2D eigenvalue weighted by Crippen LogP contribution is -2.38. The summed E-state index contributed by atoms with van der Waals surface area (Å²) in [4.78, 5) is 24.4. The molecule has 0 aliphatic rings. The Labute approximate surface area is 162 Å². The molecule has 0 heterocycles. The minimum Gasteiger partial charge on any atom is -0.493 e. The molecule has 0 spiro atoms. The highest BCUT2D eigenvalue weighted by atomic mass is 35.5. The Morgan fingerprint density at radius 1 is 1.15 bits per heavy atom. The molecule has 0 saturated carbocycles. The van der Waals surface area contributed by atoms with E-state index >= 15 is 0 Å². The van der Waals surface area contributed by atoms with E-state index in [1.54, 1.807) is 49.4 Å². The molecule has 1 atom stereocenters. The van der Waals surface area contributed by atoms with E-state index in [2.05, 4.69) is 10.6 Å². The highest BCUT2D eigenvalue weighted by molar-refractivity contribution is 6.35. The van der Waals surface area contributed by atoms with E-state index in [-0.39, 0.29) is 24.4 Å². The van der Waals surface area contributed by atoms with Crippen LogP contribution < -0.4 is 15.4 Å². The summed E-state index contributed by atoms with van der Waals surface area (Å²) in [7, 11) is 0. The first-order chi connectivity index (χ1) is 12.4. The van der Waals surface area contributed by atoms with Crippen LogP contribution in [0.1, 0.15) is 35.8 Å². The highest BCUT2D eigenvalue weighted by Crippen LogP contribution is 2.26. The second-order valence-electron chi connectivity index (χ2n) is 5.57. The summed E-state index contributed by atoms with van der Waals surface area (Å²) in [5.41, 5.74) is 1.13. The minimum atomic E-state index is -0.374. The Morgan fingerprint density at radius 2 is 1.88 bits per heavy atom. The van der Waals surface area contributed by atoms with Crippen LogP contribution in [0.3, 0.4) is 0 Å². The van der Waals surface area contributed by atoms with Gasteiger partial charge in [0.1, 0.15) is 5.75 Å². The molecular formula is C19H20Cl2N2O3. The number of ether oxygens (including phenoxy) is 1. The molecule has 0 fully saturated rings. The van der Waals surface area contributed by atoms with Gasteiger partial charge in [-0.1, -0.05) is 41.4 Å². The molecule has 0 saturated heterocycles. The van der Waals surface area contributed by atoms with Gasteiger partial charge in [0.15, 0.2) is 0 Å². The molecule has 2 rings (SSSR count). The first kappa shape index (κ1) is 20.1. The number of carbonyl (C=O) groups is 2. The first-order valence-corrected chi connectivity index (χ1v) is 8.92. The Bertz CT molecular complexity index is 796. The van der Waals surface area contributed by atoms with Crippen molar-refractivity contribution < 1.29 is 14.3 Å². The van der Waals surface area contributed by atoms with Gasteiger partial charge in [-0.2, -0.15) is 0 Å². The number of rotatable bonds is 7. The Kier molecular flexibility index (Phi) is 7.30. The predicted octanol–water partition coefficient (Wildman–Crippen LogP) is 4.00. The van der Waals surface area contributed by atoms with Gasteiger partial charge in [-0.3, -0.25) is 9.59 Å². The molecule has 0 aromatic heterocycles. The molecule has 0 aliphatic heterocycles. The summed E-state index contributed by atoms with van der Waals surface area (Å²) in [6.45, 7) is 3.93. The summed E-state index contributed by atoms with van der Waals surface area (Å²) in [5.74, 6) is -0.221. The molecule has 0 bridgehead atoms. The molecule has 2 N–H and O–H groups in total. The Hall–Kier alpha value is -2.24. The van der Waals surface area contributed by atoms with Crippen molar-refractivity contribution in [3.05, 3.63) is 63.6 Å². The quantitative estimate of drug-likeness (QED) is 0.745. The van der Waals surface area contributed by atoms with Crippen molar-refractivity contribution >= 4 is 35.0 Å². The van der Waals surface area contributed by atoms with Crippen molar-refractivity contribution in [3.8, 4) is 5.75 Å². The minimum absolute atomic E-state index is 0.158. The maximum Gasteiger partial charge on any atom is 0.255 e. The lowest BCUT2D eigenvalue weighted by atomic mass is 10.1. The number of amides is 2. The zero-order valence-corrected chi connectivity index (χ0v) is 16.0. The molecule has 138 valence electrons. The van der Waals surface area contributed by atoms with Crippen molar-refractivity contribution in [1.82, 2.24) is 10.6 Å². The van der Waals surface area contributed by atoms with Crippen molar-refractivity contribution in [1.29, 1.82) is 0 Å². The van der Waals surface area contributed by atoms with Gasteiger partial charge in [0, 0.05) is 10.0 Å². The average Bonchev–Trinajstić information content (AvgIpc) is 2.60. The zero-order chi connectivity index (χ0) is 19.1. The van der Waals surface area contributed by atoms with Crippen molar-refractivity contribution in [2.75, 3.05) is 13.2 Å². The van der Waals surface area contributed by atoms with Crippen LogP contribution in [-0.2, 0) is 4.79 Å². The molecule has 2 aromatic carbocycles. The number of para-hydroxylation sites is 1. The molecule has 2 aromatic rings. The number of carbonyl (C=O) groups excluding carboxylic acids is 2. The molecular weight excluding hydrogens is 375 g/mol. The third kappa shape index (κ3) is 5.38. The standard InChI is InChI=1S/C19H20Cl2N2O3/c1-3-26-17-7-5-4-6-15(17)19(25)22-11-18(24)23-12(2)14-9-8-13(20)10-16(14)21/h4-10,12H,3,11H2,1-2H3,(H,22,25)(H,23,24)/t12-/m1/s1. The Balaban J connectivity index is 1.93. The molecule has 0 radical (unpaired) electrons. The van der Waals surface area contributed by atoms with E-state index < -0.39 is 0 Å². The lowest BCUT2D eigenvalue weighted by molar-refractivity contribution is -0.120. The third-order valence-corrected chi connectivity index (χ3v) is 4.21. The summed E-state index contributed by atoms with van der Waals surface area (Å²) in [6, 6.07) is 11.6. The van der Waals surface area contributed by atoms with Gasteiger partial charge in [-0.15, -0.1) is 0 Å². The molecule has 26 heavy (non-hydrogen) atoms. The molecule has 2 amide bonds. The summed E-state index contributed by atoms with van der Waals surface area (Å²) in [6.07, 6.45) is 0. The monoisotopic (exact) mass is 394 g/mol. The SMILES string of the molecule is CCOc1ccccc1C(=O)NCC(=O)N[C@H](C)c1ccc(Cl)cc1Cl. The van der Waals surface area contributed by atoms with Crippen LogP contribution in [0.15, 0.2) is 42.5 Å². The fraction of sp³-hybridized carbons (Fsp3) is 0.263. The van der Waals surface area contributed by atoms with E-state index in [0.717, 1.165) is 5.56 Å². The lowest BCUT2D eigenvalue weighted by Gasteiger charge is -2.16. The highest BCUT2D eigenvalue weighted by Gasteiger charge is 2.16. The average molecular weight is 395 g/mol. The summed E-state index contributed by atoms with van der Waals surface area (Å²) in [5, 5.41) is 6.38. The fourth-order valence-corrected chi connectivity index (χ4v) is 2.99. The third-order valence-electron chi connectivity index (χ3n) is 3.65. The summed E-state index contributed by atoms with van der Waals surface area (Å²) >= 11 is 12.0. The van der Waals surface area contributed by atoms with Crippen LogP contribution in [0, 0.1) is 0 Å². The van der Waals surface area contributed by atoms with Crippen molar-refractivity contribution in [3.63, 3.8) is 0 Å². The molecule has 5 nitrogen and oxygen atoms in total. The van der Waals surface area contributed by atoms with Crippen LogP contribution in [-0.4, -0.2) is 25.0 Å². The van der Waals surface area contributed by atoms with Crippen LogP contribution in [0.2, 0.25) is 10.0 Å². The van der Waals surface area contributed by atoms with Crippen molar-refractivity contribution in [2.45, 2.75) is 19.9 Å². The van der Waals surface area contributed by atoms with Crippen LogP contribution in [0.25, 0.3) is 0 Å². The molecule has 0 aliphatic carbocycles. The first-order valence-electron chi connectivity index (χ1n) is 8.16. The molecule has 7 heteroatoms.